The average molecular weight is 438 g/mol. The first-order valence-corrected chi connectivity index (χ1v) is 10.5. The second-order valence-corrected chi connectivity index (χ2v) is 7.46. The van der Waals surface area contributed by atoms with Crippen molar-refractivity contribution in [3.8, 4) is 17.2 Å². The second-order valence-electron chi connectivity index (χ2n) is 7.46. The number of fused-ring (bicyclic) bond motifs is 1. The van der Waals surface area contributed by atoms with Crippen molar-refractivity contribution in [2.75, 3.05) is 31.5 Å². The molecule has 9 heteroatoms. The molecule has 9 nitrogen and oxygen atoms in total. The van der Waals surface area contributed by atoms with E-state index >= 15 is 0 Å². The molecule has 3 atom stereocenters. The highest BCUT2D eigenvalue weighted by Crippen LogP contribution is 2.40. The predicted molar refractivity (Wildman–Crippen MR) is 121 cm³/mol. The maximum absolute atomic E-state index is 13.6. The number of rotatable bonds is 7. The molecular weight excluding hydrogens is 410 g/mol. The van der Waals surface area contributed by atoms with E-state index in [1.165, 1.54) is 6.33 Å². The average Bonchev–Trinajstić information content (AvgIpc) is 3.27. The van der Waals surface area contributed by atoms with Crippen molar-refractivity contribution in [2.24, 2.45) is 5.92 Å². The molecule has 1 aliphatic rings. The number of ether oxygens (including phenoxy) is 3. The van der Waals surface area contributed by atoms with Crippen LogP contribution in [0.2, 0.25) is 0 Å². The lowest BCUT2D eigenvalue weighted by Gasteiger charge is -2.37. The van der Waals surface area contributed by atoms with Crippen LogP contribution >= 0.6 is 0 Å². The zero-order chi connectivity index (χ0) is 22.7. The third-order valence-corrected chi connectivity index (χ3v) is 5.57. The maximum Gasteiger partial charge on any atom is 0.232 e. The minimum absolute atomic E-state index is 0.159. The fourth-order valence-corrected chi connectivity index (χ4v) is 4.10. The number of nitrogens with zero attached hydrogens (tertiary/aromatic N) is 3. The van der Waals surface area contributed by atoms with Gasteiger partial charge in [0.25, 0.3) is 0 Å². The van der Waals surface area contributed by atoms with Gasteiger partial charge in [-0.1, -0.05) is 18.2 Å². The highest BCUT2D eigenvalue weighted by Gasteiger charge is 2.41. The summed E-state index contributed by atoms with van der Waals surface area (Å²) in [5.74, 6) is 1.80. The first-order valence-electron chi connectivity index (χ1n) is 10.5. The number of benzene rings is 2. The van der Waals surface area contributed by atoms with Crippen LogP contribution < -0.4 is 24.8 Å². The number of para-hydroxylation sites is 2. The van der Waals surface area contributed by atoms with Gasteiger partial charge in [-0.3, -0.25) is 4.79 Å². The van der Waals surface area contributed by atoms with Crippen LogP contribution in [-0.2, 0) is 4.79 Å². The van der Waals surface area contributed by atoms with Crippen LogP contribution in [0.1, 0.15) is 25.5 Å². The van der Waals surface area contributed by atoms with Crippen LogP contribution in [-0.4, -0.2) is 47.5 Å². The Kier molecular flexibility index (Phi) is 6.16. The molecule has 1 aromatic heterocycles. The first kappa shape index (κ1) is 21.5. The summed E-state index contributed by atoms with van der Waals surface area (Å²) in [7, 11) is 3.17. The molecule has 0 bridgehead atoms. The van der Waals surface area contributed by atoms with Gasteiger partial charge in [-0.2, -0.15) is 10.1 Å². The number of hydrogen-bond donors (Lipinski definition) is 2. The van der Waals surface area contributed by atoms with Crippen LogP contribution in [0.15, 0.2) is 48.8 Å². The van der Waals surface area contributed by atoms with Crippen LogP contribution in [0.4, 0.5) is 11.6 Å². The van der Waals surface area contributed by atoms with E-state index in [1.54, 1.807) is 18.9 Å². The second kappa shape index (κ2) is 9.17. The lowest BCUT2D eigenvalue weighted by molar-refractivity contribution is -0.121. The molecule has 0 fully saturated rings. The van der Waals surface area contributed by atoms with Gasteiger partial charge in [0.1, 0.15) is 12.1 Å². The van der Waals surface area contributed by atoms with E-state index in [-0.39, 0.29) is 11.9 Å². The summed E-state index contributed by atoms with van der Waals surface area (Å²) in [5, 5.41) is 10.7. The zero-order valence-corrected chi connectivity index (χ0v) is 18.5. The largest absolute Gasteiger partial charge is 0.495 e. The Morgan fingerprint density at radius 1 is 1.12 bits per heavy atom. The molecular formula is C23H27N5O4. The summed E-state index contributed by atoms with van der Waals surface area (Å²) in [6.45, 7) is 4.41. The van der Waals surface area contributed by atoms with E-state index in [0.29, 0.717) is 35.5 Å². The molecule has 3 aromatic rings. The van der Waals surface area contributed by atoms with Gasteiger partial charge < -0.3 is 24.8 Å². The third-order valence-electron chi connectivity index (χ3n) is 5.57. The number of carbonyl (C=O) groups excluding carboxylic acids is 1. The molecule has 168 valence electrons. The Hall–Kier alpha value is -3.75. The molecule has 0 spiro atoms. The Morgan fingerprint density at radius 2 is 1.91 bits per heavy atom. The molecule has 0 saturated carbocycles. The van der Waals surface area contributed by atoms with Gasteiger partial charge in [0.05, 0.1) is 38.5 Å². The topological polar surface area (TPSA) is 99.5 Å². The monoisotopic (exact) mass is 437 g/mol. The molecule has 0 radical (unpaired) electrons. The van der Waals surface area contributed by atoms with Crippen molar-refractivity contribution in [1.29, 1.82) is 0 Å². The molecule has 2 N–H and O–H groups in total. The highest BCUT2D eigenvalue weighted by molar-refractivity contribution is 5.95. The van der Waals surface area contributed by atoms with E-state index < -0.39 is 12.0 Å². The molecule has 4 rings (SSSR count). The summed E-state index contributed by atoms with van der Waals surface area (Å²) < 4.78 is 18.3. The SMILES string of the molecule is CCOc1ccc([C@@H]2[C@@H](C(=O)Nc3ccccc3OC)[C@@H](C)Nc3ncnn32)cc1OC. The molecule has 2 heterocycles. The van der Waals surface area contributed by atoms with Crippen molar-refractivity contribution in [2.45, 2.75) is 25.9 Å². The van der Waals surface area contributed by atoms with Crippen LogP contribution in [0.25, 0.3) is 0 Å². The number of aromatic nitrogens is 3. The summed E-state index contributed by atoms with van der Waals surface area (Å²) in [6.07, 6.45) is 1.48. The highest BCUT2D eigenvalue weighted by atomic mass is 16.5. The molecule has 32 heavy (non-hydrogen) atoms. The van der Waals surface area contributed by atoms with Gasteiger partial charge in [0.2, 0.25) is 11.9 Å². The minimum Gasteiger partial charge on any atom is -0.495 e. The molecule has 0 unspecified atom stereocenters. The fourth-order valence-electron chi connectivity index (χ4n) is 4.10. The van der Waals surface area contributed by atoms with Crippen LogP contribution in [0.3, 0.4) is 0 Å². The number of hydrogen-bond acceptors (Lipinski definition) is 7. The summed E-state index contributed by atoms with van der Waals surface area (Å²) >= 11 is 0. The quantitative estimate of drug-likeness (QED) is 0.585. The first-order chi connectivity index (χ1) is 15.6. The van der Waals surface area contributed by atoms with Gasteiger partial charge in [0, 0.05) is 6.04 Å². The van der Waals surface area contributed by atoms with E-state index in [9.17, 15) is 4.79 Å². The van der Waals surface area contributed by atoms with Gasteiger partial charge in [0.15, 0.2) is 11.5 Å². The van der Waals surface area contributed by atoms with Crippen molar-refractivity contribution < 1.29 is 19.0 Å². The molecule has 0 saturated heterocycles. The Morgan fingerprint density at radius 3 is 2.66 bits per heavy atom. The Balaban J connectivity index is 1.74. The smallest absolute Gasteiger partial charge is 0.232 e. The van der Waals surface area contributed by atoms with E-state index in [2.05, 4.69) is 20.7 Å². The standard InChI is InChI=1S/C23H27N5O4/c1-5-32-18-11-10-15(12-19(18)31-4)21-20(14(2)26-23-24-13-25-28(21)23)22(29)27-16-8-6-7-9-17(16)30-3/h6-14,20-21H,5H2,1-4H3,(H,27,29)(H,24,25,26)/t14-,20+,21-/m1/s1. The molecule has 1 amide bonds. The summed E-state index contributed by atoms with van der Waals surface area (Å²) in [5.41, 5.74) is 1.48. The minimum atomic E-state index is -0.489. The number of carbonyl (C=O) groups is 1. The number of anilines is 2. The van der Waals surface area contributed by atoms with Gasteiger partial charge in [-0.25, -0.2) is 4.68 Å². The Bertz CT molecular complexity index is 1100. The van der Waals surface area contributed by atoms with E-state index in [4.69, 9.17) is 14.2 Å². The number of amides is 1. The lowest BCUT2D eigenvalue weighted by Crippen LogP contribution is -2.46. The van der Waals surface area contributed by atoms with E-state index in [1.807, 2.05) is 56.3 Å². The van der Waals surface area contributed by atoms with Crippen molar-refractivity contribution in [1.82, 2.24) is 14.8 Å². The molecule has 0 aliphatic carbocycles. The van der Waals surface area contributed by atoms with Gasteiger partial charge in [-0.15, -0.1) is 0 Å². The molecule has 1 aliphatic heterocycles. The fraction of sp³-hybridized carbons (Fsp3) is 0.348. The Labute approximate surface area is 186 Å². The van der Waals surface area contributed by atoms with Gasteiger partial charge >= 0.3 is 0 Å². The van der Waals surface area contributed by atoms with Crippen molar-refractivity contribution >= 4 is 17.5 Å². The molecule has 2 aromatic carbocycles. The van der Waals surface area contributed by atoms with Crippen molar-refractivity contribution in [3.63, 3.8) is 0 Å². The summed E-state index contributed by atoms with van der Waals surface area (Å²) in [6, 6.07) is 12.4. The summed E-state index contributed by atoms with van der Waals surface area (Å²) in [4.78, 5) is 17.9. The normalized spacial score (nSPS) is 19.4. The number of methoxy groups -OCH3 is 2. The predicted octanol–water partition coefficient (Wildman–Crippen LogP) is 3.35. The van der Waals surface area contributed by atoms with E-state index in [0.717, 1.165) is 5.56 Å². The lowest BCUT2D eigenvalue weighted by atomic mass is 9.85. The van der Waals surface area contributed by atoms with Crippen molar-refractivity contribution in [3.05, 3.63) is 54.4 Å². The number of nitrogens with one attached hydrogen (secondary N) is 2. The van der Waals surface area contributed by atoms with Crippen LogP contribution in [0, 0.1) is 5.92 Å². The third kappa shape index (κ3) is 3.93. The zero-order valence-electron chi connectivity index (χ0n) is 18.5. The van der Waals surface area contributed by atoms with Crippen LogP contribution in [0.5, 0.6) is 17.2 Å². The maximum atomic E-state index is 13.6. The van der Waals surface area contributed by atoms with Gasteiger partial charge in [-0.05, 0) is 43.7 Å².